The maximum atomic E-state index is 12.6. The number of nitrogens with two attached hydrogens (primary N) is 2. The summed E-state index contributed by atoms with van der Waals surface area (Å²) in [6.07, 6.45) is 0. The zero-order chi connectivity index (χ0) is 16.5. The second kappa shape index (κ2) is 5.94. The maximum absolute atomic E-state index is 12.6. The van der Waals surface area contributed by atoms with Crippen molar-refractivity contribution < 1.29 is 18.3 Å². The third kappa shape index (κ3) is 3.05. The second-order valence-electron chi connectivity index (χ2n) is 5.32. The van der Waals surface area contributed by atoms with Crippen molar-refractivity contribution in [3.63, 3.8) is 0 Å². The molecule has 0 fully saturated rings. The second-order valence-corrected chi connectivity index (χ2v) is 7.32. The van der Waals surface area contributed by atoms with Crippen LogP contribution in [0.5, 0.6) is 0 Å². The number of hydrogen-bond acceptors (Lipinski definition) is 5. The number of hydrogen-bond donors (Lipinski definition) is 3. The van der Waals surface area contributed by atoms with Crippen LogP contribution in [0.15, 0.2) is 41.3 Å². The number of carboxylic acids is 1. The lowest BCUT2D eigenvalue weighted by atomic mass is 10.1. The van der Waals surface area contributed by atoms with Gasteiger partial charge >= 0.3 is 5.97 Å². The highest BCUT2D eigenvalue weighted by molar-refractivity contribution is 7.91. The van der Waals surface area contributed by atoms with Crippen LogP contribution in [0.1, 0.15) is 6.92 Å². The van der Waals surface area contributed by atoms with Crippen molar-refractivity contribution in [3.8, 4) is 0 Å². The molecule has 0 bridgehead atoms. The van der Waals surface area contributed by atoms with E-state index in [1.54, 1.807) is 24.3 Å². The van der Waals surface area contributed by atoms with Gasteiger partial charge in [-0.15, -0.1) is 0 Å². The summed E-state index contributed by atoms with van der Waals surface area (Å²) in [6.45, 7) is 1.51. The van der Waals surface area contributed by atoms with Gasteiger partial charge in [-0.05, 0) is 18.1 Å². The van der Waals surface area contributed by atoms with Gasteiger partial charge in [0.05, 0.1) is 10.6 Å². The van der Waals surface area contributed by atoms with Gasteiger partial charge in [0.1, 0.15) is 6.04 Å². The number of benzene rings is 2. The Kier molecular flexibility index (Phi) is 4.39. The van der Waals surface area contributed by atoms with E-state index in [4.69, 9.17) is 16.6 Å². The standard InChI is InChI=1S/C15H18N2O4S/c1-9(14(17)15(18)19)8-22(20,21)13-7-6-12(16)10-4-2-3-5-11(10)13/h2-7,9,14H,8,16-17H2,1H3,(H,18,19)/t9?,14-/m0/s1. The number of carboxylic acid groups (broad SMARTS) is 1. The minimum Gasteiger partial charge on any atom is -0.480 e. The van der Waals surface area contributed by atoms with E-state index in [0.717, 1.165) is 0 Å². The Morgan fingerprint density at radius 2 is 1.77 bits per heavy atom. The maximum Gasteiger partial charge on any atom is 0.320 e. The highest BCUT2D eigenvalue weighted by Crippen LogP contribution is 2.29. The Labute approximate surface area is 128 Å². The van der Waals surface area contributed by atoms with Crippen LogP contribution in [0.4, 0.5) is 5.69 Å². The topological polar surface area (TPSA) is 123 Å². The van der Waals surface area contributed by atoms with E-state index in [0.29, 0.717) is 16.5 Å². The highest BCUT2D eigenvalue weighted by atomic mass is 32.2. The van der Waals surface area contributed by atoms with Gasteiger partial charge in [0.25, 0.3) is 0 Å². The molecular weight excluding hydrogens is 304 g/mol. The van der Waals surface area contributed by atoms with Crippen molar-refractivity contribution >= 4 is 32.3 Å². The van der Waals surface area contributed by atoms with Crippen molar-refractivity contribution in [2.24, 2.45) is 11.7 Å². The van der Waals surface area contributed by atoms with Crippen molar-refractivity contribution in [2.75, 3.05) is 11.5 Å². The summed E-state index contributed by atoms with van der Waals surface area (Å²) in [6, 6.07) is 8.69. The Balaban J connectivity index is 2.47. The zero-order valence-electron chi connectivity index (χ0n) is 12.1. The molecule has 2 atom stereocenters. The Bertz CT molecular complexity index is 817. The van der Waals surface area contributed by atoms with Gasteiger partial charge in [-0.2, -0.15) is 0 Å². The molecule has 2 rings (SSSR count). The summed E-state index contributed by atoms with van der Waals surface area (Å²) in [5.41, 5.74) is 11.9. The molecule has 0 heterocycles. The van der Waals surface area contributed by atoms with E-state index in [1.165, 1.54) is 19.1 Å². The van der Waals surface area contributed by atoms with E-state index in [9.17, 15) is 13.2 Å². The summed E-state index contributed by atoms with van der Waals surface area (Å²) in [5.74, 6) is -2.27. The minimum absolute atomic E-state index is 0.140. The zero-order valence-corrected chi connectivity index (χ0v) is 12.9. The molecule has 0 radical (unpaired) electrons. The first-order valence-electron chi connectivity index (χ1n) is 6.72. The van der Waals surface area contributed by atoms with Gasteiger partial charge in [-0.25, -0.2) is 8.42 Å². The van der Waals surface area contributed by atoms with Crippen LogP contribution in [0.25, 0.3) is 10.8 Å². The molecule has 118 valence electrons. The van der Waals surface area contributed by atoms with E-state index < -0.39 is 27.8 Å². The van der Waals surface area contributed by atoms with E-state index in [-0.39, 0.29) is 10.6 Å². The summed E-state index contributed by atoms with van der Waals surface area (Å²) in [4.78, 5) is 11.0. The number of aliphatic carboxylic acids is 1. The molecule has 0 spiro atoms. The van der Waals surface area contributed by atoms with Crippen LogP contribution >= 0.6 is 0 Å². The molecule has 6 nitrogen and oxygen atoms in total. The van der Waals surface area contributed by atoms with Crippen LogP contribution in [-0.4, -0.2) is 31.3 Å². The summed E-state index contributed by atoms with van der Waals surface area (Å²) in [5, 5.41) is 10.1. The fraction of sp³-hybridized carbons (Fsp3) is 0.267. The molecule has 2 aromatic rings. The fourth-order valence-corrected chi connectivity index (χ4v) is 4.22. The smallest absolute Gasteiger partial charge is 0.320 e. The lowest BCUT2D eigenvalue weighted by molar-refractivity contribution is -0.139. The third-order valence-corrected chi connectivity index (χ3v) is 5.62. The quantitative estimate of drug-likeness (QED) is 0.712. The molecule has 0 saturated carbocycles. The first-order valence-corrected chi connectivity index (χ1v) is 8.37. The number of rotatable bonds is 5. The van der Waals surface area contributed by atoms with Crippen LogP contribution < -0.4 is 11.5 Å². The molecule has 7 heteroatoms. The fourth-order valence-electron chi connectivity index (χ4n) is 2.35. The molecule has 5 N–H and O–H groups in total. The number of nitrogen functional groups attached to an aromatic ring is 1. The van der Waals surface area contributed by atoms with Gasteiger partial charge in [0, 0.05) is 16.5 Å². The van der Waals surface area contributed by atoms with E-state index in [1.807, 2.05) is 0 Å². The molecule has 0 amide bonds. The predicted molar refractivity (Wildman–Crippen MR) is 85.2 cm³/mol. The van der Waals surface area contributed by atoms with Gasteiger partial charge < -0.3 is 16.6 Å². The molecule has 2 aromatic carbocycles. The van der Waals surface area contributed by atoms with Gasteiger partial charge in [-0.1, -0.05) is 31.2 Å². The summed E-state index contributed by atoms with van der Waals surface area (Å²) in [7, 11) is -3.68. The molecular formula is C15H18N2O4S. The largest absolute Gasteiger partial charge is 0.480 e. The van der Waals surface area contributed by atoms with Crippen molar-refractivity contribution in [2.45, 2.75) is 17.9 Å². The van der Waals surface area contributed by atoms with Gasteiger partial charge in [-0.3, -0.25) is 4.79 Å². The Morgan fingerprint density at radius 3 is 2.36 bits per heavy atom. The molecule has 0 saturated heterocycles. The molecule has 22 heavy (non-hydrogen) atoms. The average molecular weight is 322 g/mol. The van der Waals surface area contributed by atoms with Crippen LogP contribution in [-0.2, 0) is 14.6 Å². The average Bonchev–Trinajstić information content (AvgIpc) is 2.46. The molecule has 0 aliphatic carbocycles. The summed E-state index contributed by atoms with van der Waals surface area (Å²) >= 11 is 0. The van der Waals surface area contributed by atoms with Gasteiger partial charge in [0.15, 0.2) is 9.84 Å². The first kappa shape index (κ1) is 16.3. The molecule has 0 aromatic heterocycles. The van der Waals surface area contributed by atoms with Crippen LogP contribution in [0.2, 0.25) is 0 Å². The third-order valence-electron chi connectivity index (χ3n) is 3.63. The minimum atomic E-state index is -3.68. The van der Waals surface area contributed by atoms with Gasteiger partial charge in [0.2, 0.25) is 0 Å². The molecule has 0 aliphatic rings. The van der Waals surface area contributed by atoms with Crippen LogP contribution in [0, 0.1) is 5.92 Å². The van der Waals surface area contributed by atoms with Crippen molar-refractivity contribution in [1.82, 2.24) is 0 Å². The normalized spacial score (nSPS) is 14.6. The molecule has 0 aliphatic heterocycles. The lowest BCUT2D eigenvalue weighted by Crippen LogP contribution is -2.39. The van der Waals surface area contributed by atoms with E-state index >= 15 is 0 Å². The Morgan fingerprint density at radius 1 is 1.18 bits per heavy atom. The predicted octanol–water partition coefficient (Wildman–Crippen LogP) is 1.24. The lowest BCUT2D eigenvalue weighted by Gasteiger charge is -2.17. The monoisotopic (exact) mass is 322 g/mol. The highest BCUT2D eigenvalue weighted by Gasteiger charge is 2.27. The number of carbonyl (C=O) groups is 1. The van der Waals surface area contributed by atoms with Crippen LogP contribution in [0.3, 0.4) is 0 Å². The number of fused-ring (bicyclic) bond motifs is 1. The Hall–Kier alpha value is -2.12. The first-order chi connectivity index (χ1) is 10.2. The SMILES string of the molecule is CC(CS(=O)(=O)c1ccc(N)c2ccccc12)[C@H](N)C(=O)O. The van der Waals surface area contributed by atoms with Crippen molar-refractivity contribution in [3.05, 3.63) is 36.4 Å². The van der Waals surface area contributed by atoms with E-state index in [2.05, 4.69) is 0 Å². The number of anilines is 1. The summed E-state index contributed by atoms with van der Waals surface area (Å²) < 4.78 is 25.2. The number of sulfone groups is 1. The molecule has 1 unspecified atom stereocenters. The van der Waals surface area contributed by atoms with Crippen molar-refractivity contribution in [1.29, 1.82) is 0 Å².